The number of aromatic nitrogens is 2. The summed E-state index contributed by atoms with van der Waals surface area (Å²) < 4.78 is 0. The first-order valence-electron chi connectivity index (χ1n) is 6.05. The largest absolute Gasteiger partial charge is 0.383 e. The molecule has 1 saturated carbocycles. The van der Waals surface area contributed by atoms with Gasteiger partial charge in [-0.05, 0) is 18.8 Å². The molecule has 0 saturated heterocycles. The number of carbonyl (C=O) groups excluding carboxylic acids is 1. The molecule has 3 N–H and O–H groups in total. The molecule has 0 amide bonds. The molecule has 1 aromatic rings. The summed E-state index contributed by atoms with van der Waals surface area (Å²) in [6, 6.07) is 0. The van der Waals surface area contributed by atoms with Crippen LogP contribution in [0.3, 0.4) is 0 Å². The summed E-state index contributed by atoms with van der Waals surface area (Å²) in [7, 11) is 0. The van der Waals surface area contributed by atoms with Crippen LogP contribution in [0.25, 0.3) is 0 Å². The maximum absolute atomic E-state index is 12.2. The third-order valence-electron chi connectivity index (χ3n) is 3.67. The molecule has 16 heavy (non-hydrogen) atoms. The first-order chi connectivity index (χ1) is 7.72. The minimum absolute atomic E-state index is 0.151. The first kappa shape index (κ1) is 11.2. The molecular formula is C12H19N3O. The van der Waals surface area contributed by atoms with Gasteiger partial charge >= 0.3 is 0 Å². The van der Waals surface area contributed by atoms with E-state index in [0.717, 1.165) is 19.3 Å². The summed E-state index contributed by atoms with van der Waals surface area (Å²) in [5.41, 5.74) is 6.25. The molecule has 1 aliphatic rings. The van der Waals surface area contributed by atoms with Crippen molar-refractivity contribution in [3.63, 3.8) is 0 Å². The van der Waals surface area contributed by atoms with Gasteiger partial charge in [-0.15, -0.1) is 0 Å². The second-order valence-corrected chi connectivity index (χ2v) is 4.70. The van der Waals surface area contributed by atoms with Gasteiger partial charge in [-0.2, -0.15) is 5.10 Å². The van der Waals surface area contributed by atoms with E-state index in [1.165, 1.54) is 12.8 Å². The zero-order chi connectivity index (χ0) is 11.5. The van der Waals surface area contributed by atoms with E-state index in [4.69, 9.17) is 5.73 Å². The normalized spacial score (nSPS) is 25.6. The maximum atomic E-state index is 12.2. The smallest absolute Gasteiger partial charge is 0.171 e. The number of H-pyrrole nitrogens is 1. The average Bonchev–Trinajstić information content (AvgIpc) is 2.74. The molecule has 2 rings (SSSR count). The van der Waals surface area contributed by atoms with Gasteiger partial charge in [0.2, 0.25) is 0 Å². The Hall–Kier alpha value is -1.32. The highest BCUT2D eigenvalue weighted by molar-refractivity contribution is 6.01. The molecule has 0 aromatic carbocycles. The van der Waals surface area contributed by atoms with Crippen molar-refractivity contribution in [2.75, 3.05) is 5.73 Å². The standard InChI is InChI=1S/C12H19N3O/c1-2-8-4-3-5-9(6-8)11(16)10-7-14-15-12(10)13/h7-9H,2-6H2,1H3,(H3,13,14,15). The lowest BCUT2D eigenvalue weighted by atomic mass is 9.77. The Morgan fingerprint density at radius 2 is 2.44 bits per heavy atom. The molecular weight excluding hydrogens is 202 g/mol. The van der Waals surface area contributed by atoms with Crippen LogP contribution in [0, 0.1) is 11.8 Å². The van der Waals surface area contributed by atoms with Gasteiger partial charge in [-0.3, -0.25) is 9.89 Å². The van der Waals surface area contributed by atoms with Crippen molar-refractivity contribution in [1.82, 2.24) is 10.2 Å². The lowest BCUT2D eigenvalue weighted by Gasteiger charge is -2.27. The van der Waals surface area contributed by atoms with Crippen molar-refractivity contribution in [2.24, 2.45) is 11.8 Å². The summed E-state index contributed by atoms with van der Waals surface area (Å²) >= 11 is 0. The van der Waals surface area contributed by atoms with Crippen LogP contribution in [0.1, 0.15) is 49.4 Å². The van der Waals surface area contributed by atoms with E-state index in [0.29, 0.717) is 17.3 Å². The van der Waals surface area contributed by atoms with E-state index in [9.17, 15) is 4.79 Å². The van der Waals surface area contributed by atoms with E-state index < -0.39 is 0 Å². The predicted octanol–water partition coefficient (Wildman–Crippen LogP) is 2.39. The van der Waals surface area contributed by atoms with E-state index in [-0.39, 0.29) is 11.7 Å². The van der Waals surface area contributed by atoms with Crippen molar-refractivity contribution < 1.29 is 4.79 Å². The van der Waals surface area contributed by atoms with Gasteiger partial charge in [0.1, 0.15) is 5.82 Å². The highest BCUT2D eigenvalue weighted by Crippen LogP contribution is 2.33. The minimum Gasteiger partial charge on any atom is -0.383 e. The zero-order valence-corrected chi connectivity index (χ0v) is 9.70. The molecule has 4 nitrogen and oxygen atoms in total. The fraction of sp³-hybridized carbons (Fsp3) is 0.667. The number of hydrogen-bond donors (Lipinski definition) is 2. The summed E-state index contributed by atoms with van der Waals surface area (Å²) in [4.78, 5) is 12.2. The number of nitrogens with two attached hydrogens (primary N) is 1. The summed E-state index contributed by atoms with van der Waals surface area (Å²) in [5, 5.41) is 6.43. The number of aromatic amines is 1. The van der Waals surface area contributed by atoms with Gasteiger partial charge in [-0.25, -0.2) is 0 Å². The molecule has 0 spiro atoms. The molecule has 1 fully saturated rings. The van der Waals surface area contributed by atoms with Crippen LogP contribution in [0.4, 0.5) is 5.82 Å². The van der Waals surface area contributed by atoms with Crippen LogP contribution in [0.15, 0.2) is 6.20 Å². The summed E-state index contributed by atoms with van der Waals surface area (Å²) in [5.74, 6) is 1.43. The van der Waals surface area contributed by atoms with Crippen LogP contribution < -0.4 is 5.73 Å². The van der Waals surface area contributed by atoms with Crippen LogP contribution >= 0.6 is 0 Å². The molecule has 88 valence electrons. The first-order valence-corrected chi connectivity index (χ1v) is 6.05. The quantitative estimate of drug-likeness (QED) is 0.770. The van der Waals surface area contributed by atoms with Gasteiger partial charge < -0.3 is 5.73 Å². The van der Waals surface area contributed by atoms with Crippen LogP contribution in [-0.2, 0) is 0 Å². The SMILES string of the molecule is CCC1CCCC(C(=O)c2cn[nH]c2N)C1. The van der Waals surface area contributed by atoms with Crippen molar-refractivity contribution >= 4 is 11.6 Å². The zero-order valence-electron chi connectivity index (χ0n) is 9.70. The molecule has 1 aliphatic carbocycles. The number of carbonyl (C=O) groups is 1. The van der Waals surface area contributed by atoms with Gasteiger partial charge in [0.05, 0.1) is 11.8 Å². The predicted molar refractivity (Wildman–Crippen MR) is 63.1 cm³/mol. The Morgan fingerprint density at radius 3 is 3.06 bits per heavy atom. The molecule has 0 bridgehead atoms. The molecule has 2 unspecified atom stereocenters. The number of hydrogen-bond acceptors (Lipinski definition) is 3. The minimum atomic E-state index is 0.151. The maximum Gasteiger partial charge on any atom is 0.171 e. The number of nitrogen functional groups attached to an aromatic ring is 1. The van der Waals surface area contributed by atoms with Crippen molar-refractivity contribution in [3.05, 3.63) is 11.8 Å². The lowest BCUT2D eigenvalue weighted by molar-refractivity contribution is 0.0863. The monoisotopic (exact) mass is 221 g/mol. The molecule has 0 radical (unpaired) electrons. The molecule has 4 heteroatoms. The van der Waals surface area contributed by atoms with Crippen molar-refractivity contribution in [3.8, 4) is 0 Å². The second kappa shape index (κ2) is 4.68. The highest BCUT2D eigenvalue weighted by Gasteiger charge is 2.28. The molecule has 1 aromatic heterocycles. The van der Waals surface area contributed by atoms with Crippen molar-refractivity contribution in [2.45, 2.75) is 39.0 Å². The molecule has 2 atom stereocenters. The number of Topliss-reactive ketones (excluding diaryl/α,β-unsaturated/α-hetero) is 1. The fourth-order valence-corrected chi connectivity index (χ4v) is 2.61. The summed E-state index contributed by atoms with van der Waals surface area (Å²) in [6.45, 7) is 2.20. The summed E-state index contributed by atoms with van der Waals surface area (Å²) in [6.07, 6.45) is 7.16. The number of rotatable bonds is 3. The lowest BCUT2D eigenvalue weighted by Crippen LogP contribution is -2.23. The number of nitrogens with one attached hydrogen (secondary N) is 1. The fourth-order valence-electron chi connectivity index (χ4n) is 2.61. The Morgan fingerprint density at radius 1 is 1.62 bits per heavy atom. The van der Waals surface area contributed by atoms with E-state index >= 15 is 0 Å². The van der Waals surface area contributed by atoms with Crippen LogP contribution in [0.2, 0.25) is 0 Å². The van der Waals surface area contributed by atoms with Gasteiger partial charge in [0.25, 0.3) is 0 Å². The number of ketones is 1. The number of anilines is 1. The van der Waals surface area contributed by atoms with Gasteiger partial charge in [0.15, 0.2) is 5.78 Å². The Labute approximate surface area is 95.6 Å². The third kappa shape index (κ3) is 2.10. The van der Waals surface area contributed by atoms with Gasteiger partial charge in [0, 0.05) is 5.92 Å². The Kier molecular flexibility index (Phi) is 3.27. The Balaban J connectivity index is 2.07. The van der Waals surface area contributed by atoms with E-state index in [1.807, 2.05) is 0 Å². The van der Waals surface area contributed by atoms with E-state index in [1.54, 1.807) is 6.20 Å². The topological polar surface area (TPSA) is 71.8 Å². The highest BCUT2D eigenvalue weighted by atomic mass is 16.1. The van der Waals surface area contributed by atoms with E-state index in [2.05, 4.69) is 17.1 Å². The van der Waals surface area contributed by atoms with Gasteiger partial charge in [-0.1, -0.05) is 26.2 Å². The van der Waals surface area contributed by atoms with Crippen LogP contribution in [0.5, 0.6) is 0 Å². The average molecular weight is 221 g/mol. The second-order valence-electron chi connectivity index (χ2n) is 4.70. The van der Waals surface area contributed by atoms with Crippen LogP contribution in [-0.4, -0.2) is 16.0 Å². The third-order valence-corrected chi connectivity index (χ3v) is 3.67. The van der Waals surface area contributed by atoms with Crippen molar-refractivity contribution in [1.29, 1.82) is 0 Å². The number of nitrogens with zero attached hydrogens (tertiary/aromatic N) is 1. The molecule has 1 heterocycles. The molecule has 0 aliphatic heterocycles. The Bertz CT molecular complexity index is 372.